The number of carbonyl (C=O) groups is 1. The fourth-order valence-corrected chi connectivity index (χ4v) is 2.97. The number of carbonyl (C=O) groups excluding carboxylic acids is 1. The molecule has 0 spiro atoms. The van der Waals surface area contributed by atoms with Crippen molar-refractivity contribution in [2.45, 2.75) is 45.6 Å². The number of nitrogens with one attached hydrogen (secondary N) is 1. The average Bonchev–Trinajstić information content (AvgIpc) is 2.44. The number of amides is 1. The largest absolute Gasteiger partial charge is 0.338 e. The van der Waals surface area contributed by atoms with Gasteiger partial charge < -0.3 is 10.2 Å². The van der Waals surface area contributed by atoms with Gasteiger partial charge in [-0.1, -0.05) is 18.2 Å². The molecule has 1 saturated heterocycles. The molecule has 0 bridgehead atoms. The Labute approximate surface area is 122 Å². The zero-order chi connectivity index (χ0) is 14.5. The molecule has 1 unspecified atom stereocenters. The molecule has 1 N–H and O–H groups in total. The van der Waals surface area contributed by atoms with E-state index in [2.05, 4.69) is 42.3 Å². The quantitative estimate of drug-likeness (QED) is 0.914. The van der Waals surface area contributed by atoms with Gasteiger partial charge in [0.1, 0.15) is 0 Å². The highest BCUT2D eigenvalue weighted by Gasteiger charge is 2.25. The molecular weight excluding hydrogens is 248 g/mol. The molecule has 0 aromatic heterocycles. The molecule has 110 valence electrons. The smallest absolute Gasteiger partial charge is 0.227 e. The number of hydrogen-bond acceptors (Lipinski definition) is 2. The van der Waals surface area contributed by atoms with E-state index in [1.165, 1.54) is 17.5 Å². The maximum Gasteiger partial charge on any atom is 0.227 e. The minimum absolute atomic E-state index is 0.271. The molecule has 2 rings (SSSR count). The van der Waals surface area contributed by atoms with Crippen LogP contribution < -0.4 is 5.32 Å². The zero-order valence-electron chi connectivity index (χ0n) is 12.9. The van der Waals surface area contributed by atoms with Crippen molar-refractivity contribution in [3.05, 3.63) is 34.9 Å². The van der Waals surface area contributed by atoms with Crippen LogP contribution in [0, 0.1) is 13.8 Å². The number of nitrogens with zero attached hydrogens (tertiary/aromatic N) is 1. The van der Waals surface area contributed by atoms with Crippen LogP contribution in [-0.4, -0.2) is 37.0 Å². The van der Waals surface area contributed by atoms with E-state index >= 15 is 0 Å². The van der Waals surface area contributed by atoms with E-state index in [1.54, 1.807) is 0 Å². The minimum Gasteiger partial charge on any atom is -0.338 e. The van der Waals surface area contributed by atoms with Crippen LogP contribution in [-0.2, 0) is 11.2 Å². The number of aryl methyl sites for hydroxylation is 2. The summed E-state index contributed by atoms with van der Waals surface area (Å²) in [7, 11) is 1.96. The summed E-state index contributed by atoms with van der Waals surface area (Å²) in [5.74, 6) is 0.271. The molecule has 1 aromatic carbocycles. The van der Waals surface area contributed by atoms with Crippen molar-refractivity contribution in [2.75, 3.05) is 20.1 Å². The molecule has 0 radical (unpaired) electrons. The van der Waals surface area contributed by atoms with Gasteiger partial charge in [-0.2, -0.15) is 0 Å². The molecule has 20 heavy (non-hydrogen) atoms. The van der Waals surface area contributed by atoms with E-state index in [0.29, 0.717) is 12.5 Å². The third-order valence-corrected chi connectivity index (χ3v) is 4.31. The molecule has 1 heterocycles. The molecule has 3 nitrogen and oxygen atoms in total. The van der Waals surface area contributed by atoms with E-state index in [4.69, 9.17) is 0 Å². The molecule has 1 fully saturated rings. The Morgan fingerprint density at radius 3 is 2.80 bits per heavy atom. The number of rotatable bonds is 4. The van der Waals surface area contributed by atoms with Crippen LogP contribution in [0.4, 0.5) is 0 Å². The van der Waals surface area contributed by atoms with Gasteiger partial charge in [0.25, 0.3) is 0 Å². The Bertz CT molecular complexity index is 468. The Balaban J connectivity index is 2.03. The number of hydrogen-bond donors (Lipinski definition) is 1. The van der Waals surface area contributed by atoms with Crippen molar-refractivity contribution in [3.8, 4) is 0 Å². The second-order valence-corrected chi connectivity index (χ2v) is 5.89. The van der Waals surface area contributed by atoms with Gasteiger partial charge in [-0.3, -0.25) is 4.79 Å². The van der Waals surface area contributed by atoms with Gasteiger partial charge in [0.15, 0.2) is 0 Å². The molecular formula is C17H26N2O. The van der Waals surface area contributed by atoms with E-state index in [-0.39, 0.29) is 5.91 Å². The normalized spacial score (nSPS) is 19.1. The summed E-state index contributed by atoms with van der Waals surface area (Å²) in [6.45, 7) is 6.03. The van der Waals surface area contributed by atoms with Gasteiger partial charge >= 0.3 is 0 Å². The van der Waals surface area contributed by atoms with Crippen LogP contribution >= 0.6 is 0 Å². The van der Waals surface area contributed by atoms with E-state index < -0.39 is 0 Å². The van der Waals surface area contributed by atoms with Crippen LogP contribution in [0.1, 0.15) is 36.0 Å². The Kier molecular flexibility index (Phi) is 5.18. The number of benzene rings is 1. The van der Waals surface area contributed by atoms with Gasteiger partial charge in [0.05, 0.1) is 6.42 Å². The lowest BCUT2D eigenvalue weighted by Crippen LogP contribution is -2.48. The molecule has 0 aliphatic carbocycles. The summed E-state index contributed by atoms with van der Waals surface area (Å²) in [4.78, 5) is 14.6. The average molecular weight is 274 g/mol. The van der Waals surface area contributed by atoms with Gasteiger partial charge in [-0.15, -0.1) is 0 Å². The standard InChI is InChI=1S/C17H26N2O/c1-13-7-8-15(10-14(13)2)11-17(20)19-9-5-4-6-16(19)12-18-3/h7-8,10,16,18H,4-6,9,11-12H2,1-3H3. The summed E-state index contributed by atoms with van der Waals surface area (Å²) in [5.41, 5.74) is 3.68. The summed E-state index contributed by atoms with van der Waals surface area (Å²) in [6.07, 6.45) is 4.03. The molecule has 1 aliphatic rings. The monoisotopic (exact) mass is 274 g/mol. The second kappa shape index (κ2) is 6.89. The molecule has 1 atom stereocenters. The fourth-order valence-electron chi connectivity index (χ4n) is 2.97. The minimum atomic E-state index is 0.271. The third-order valence-electron chi connectivity index (χ3n) is 4.31. The number of likely N-dealkylation sites (N-methyl/N-ethyl adjacent to an activating group) is 1. The van der Waals surface area contributed by atoms with Crippen molar-refractivity contribution in [1.29, 1.82) is 0 Å². The predicted molar refractivity (Wildman–Crippen MR) is 82.9 cm³/mol. The SMILES string of the molecule is CNCC1CCCCN1C(=O)Cc1ccc(C)c(C)c1. The van der Waals surface area contributed by atoms with Crippen LogP contribution in [0.5, 0.6) is 0 Å². The lowest BCUT2D eigenvalue weighted by atomic mass is 9.99. The molecule has 1 aromatic rings. The van der Waals surface area contributed by atoms with Crippen molar-refractivity contribution < 1.29 is 4.79 Å². The highest BCUT2D eigenvalue weighted by molar-refractivity contribution is 5.79. The van der Waals surface area contributed by atoms with Crippen molar-refractivity contribution in [3.63, 3.8) is 0 Å². The zero-order valence-corrected chi connectivity index (χ0v) is 12.9. The summed E-state index contributed by atoms with van der Waals surface area (Å²) in [6, 6.07) is 6.70. The topological polar surface area (TPSA) is 32.3 Å². The lowest BCUT2D eigenvalue weighted by molar-refractivity contribution is -0.134. The lowest BCUT2D eigenvalue weighted by Gasteiger charge is -2.36. The maximum atomic E-state index is 12.5. The second-order valence-electron chi connectivity index (χ2n) is 5.89. The third kappa shape index (κ3) is 3.60. The number of likely N-dealkylation sites (tertiary alicyclic amines) is 1. The molecule has 0 saturated carbocycles. The van der Waals surface area contributed by atoms with Gasteiger partial charge in [-0.25, -0.2) is 0 Å². The Hall–Kier alpha value is -1.35. The highest BCUT2D eigenvalue weighted by atomic mass is 16.2. The van der Waals surface area contributed by atoms with Crippen LogP contribution in [0.15, 0.2) is 18.2 Å². The van der Waals surface area contributed by atoms with Crippen LogP contribution in [0.2, 0.25) is 0 Å². The summed E-state index contributed by atoms with van der Waals surface area (Å²) in [5, 5.41) is 3.21. The van der Waals surface area contributed by atoms with E-state index in [0.717, 1.165) is 31.5 Å². The molecule has 1 aliphatic heterocycles. The van der Waals surface area contributed by atoms with Gasteiger partial charge in [-0.05, 0) is 56.8 Å². The molecule has 3 heteroatoms. The number of piperidine rings is 1. The van der Waals surface area contributed by atoms with Crippen molar-refractivity contribution >= 4 is 5.91 Å². The first-order valence-corrected chi connectivity index (χ1v) is 7.62. The first kappa shape index (κ1) is 15.0. The highest BCUT2D eigenvalue weighted by Crippen LogP contribution is 2.18. The summed E-state index contributed by atoms with van der Waals surface area (Å²) < 4.78 is 0. The first-order chi connectivity index (χ1) is 9.61. The van der Waals surface area contributed by atoms with Gasteiger partial charge in [0, 0.05) is 19.1 Å². The first-order valence-electron chi connectivity index (χ1n) is 7.62. The summed E-state index contributed by atoms with van der Waals surface area (Å²) >= 11 is 0. The van der Waals surface area contributed by atoms with Gasteiger partial charge in [0.2, 0.25) is 5.91 Å². The predicted octanol–water partition coefficient (Wildman–Crippen LogP) is 2.45. The van der Waals surface area contributed by atoms with E-state index in [1.807, 2.05) is 7.05 Å². The van der Waals surface area contributed by atoms with Crippen molar-refractivity contribution in [2.24, 2.45) is 0 Å². The molecule has 1 amide bonds. The fraction of sp³-hybridized carbons (Fsp3) is 0.588. The van der Waals surface area contributed by atoms with Crippen LogP contribution in [0.25, 0.3) is 0 Å². The van der Waals surface area contributed by atoms with E-state index in [9.17, 15) is 4.79 Å². The van der Waals surface area contributed by atoms with Crippen molar-refractivity contribution in [1.82, 2.24) is 10.2 Å². The Morgan fingerprint density at radius 2 is 2.10 bits per heavy atom. The maximum absolute atomic E-state index is 12.5. The van der Waals surface area contributed by atoms with Crippen LogP contribution in [0.3, 0.4) is 0 Å². The Morgan fingerprint density at radius 1 is 1.30 bits per heavy atom.